The first-order valence-electron chi connectivity index (χ1n) is 7.66. The van der Waals surface area contributed by atoms with Crippen molar-refractivity contribution in [3.8, 4) is 10.6 Å². The van der Waals surface area contributed by atoms with E-state index in [-0.39, 0.29) is 0 Å². The van der Waals surface area contributed by atoms with E-state index in [1.165, 1.54) is 11.3 Å². The molecule has 0 saturated carbocycles. The Morgan fingerprint density at radius 1 is 1.08 bits per heavy atom. The zero-order chi connectivity index (χ0) is 16.8. The van der Waals surface area contributed by atoms with Crippen LogP contribution in [-0.4, -0.2) is 24.8 Å². The standard InChI is InChI=1S/C17H12N6S2/c18-17-19-11-4-3-10(8-14(11)25-17)9-16-21-20-15-6-5-12(22-23(15)16)13-2-1-7-24-13/h1-8H,9H2,(H2,18,19). The summed E-state index contributed by atoms with van der Waals surface area (Å²) in [6.07, 6.45) is 0.649. The van der Waals surface area contributed by atoms with E-state index < -0.39 is 0 Å². The predicted molar refractivity (Wildman–Crippen MR) is 101 cm³/mol. The molecule has 0 unspecified atom stereocenters. The van der Waals surface area contributed by atoms with E-state index in [0.717, 1.165) is 37.8 Å². The first kappa shape index (κ1) is 14.5. The fraction of sp³-hybridized carbons (Fsp3) is 0.0588. The third-order valence-electron chi connectivity index (χ3n) is 3.93. The molecule has 0 spiro atoms. The van der Waals surface area contributed by atoms with Crippen LogP contribution < -0.4 is 5.73 Å². The average Bonchev–Trinajstić information content (AvgIpc) is 3.33. The second-order valence-corrected chi connectivity index (χ2v) is 7.62. The van der Waals surface area contributed by atoms with Crippen molar-refractivity contribution in [3.05, 3.63) is 59.2 Å². The van der Waals surface area contributed by atoms with Gasteiger partial charge in [0.15, 0.2) is 16.6 Å². The fourth-order valence-electron chi connectivity index (χ4n) is 2.78. The lowest BCUT2D eigenvalue weighted by Gasteiger charge is -2.02. The summed E-state index contributed by atoms with van der Waals surface area (Å²) in [4.78, 5) is 5.42. The number of hydrogen-bond acceptors (Lipinski definition) is 7. The summed E-state index contributed by atoms with van der Waals surface area (Å²) in [7, 11) is 0. The Hall–Kier alpha value is -2.84. The first-order valence-corrected chi connectivity index (χ1v) is 9.36. The van der Waals surface area contributed by atoms with Crippen molar-refractivity contribution in [1.82, 2.24) is 24.8 Å². The van der Waals surface area contributed by atoms with E-state index in [4.69, 9.17) is 10.8 Å². The molecule has 8 heteroatoms. The summed E-state index contributed by atoms with van der Waals surface area (Å²) in [5.74, 6) is 0.810. The number of rotatable bonds is 3. The summed E-state index contributed by atoms with van der Waals surface area (Å²) >= 11 is 3.16. The number of nitrogens with zero attached hydrogens (tertiary/aromatic N) is 5. The molecule has 5 aromatic rings. The van der Waals surface area contributed by atoms with Gasteiger partial charge in [-0.1, -0.05) is 23.5 Å². The number of thiophene rings is 1. The highest BCUT2D eigenvalue weighted by atomic mass is 32.1. The number of nitrogen functional groups attached to an aromatic ring is 1. The zero-order valence-corrected chi connectivity index (χ0v) is 14.6. The van der Waals surface area contributed by atoms with Gasteiger partial charge in [-0.3, -0.25) is 0 Å². The Balaban J connectivity index is 1.56. The Bertz CT molecular complexity index is 1190. The van der Waals surface area contributed by atoms with E-state index >= 15 is 0 Å². The van der Waals surface area contributed by atoms with Gasteiger partial charge in [0.1, 0.15) is 5.69 Å². The molecule has 2 N–H and O–H groups in total. The Morgan fingerprint density at radius 2 is 2.04 bits per heavy atom. The van der Waals surface area contributed by atoms with Gasteiger partial charge in [0, 0.05) is 6.42 Å². The molecule has 25 heavy (non-hydrogen) atoms. The summed E-state index contributed by atoms with van der Waals surface area (Å²) in [5.41, 5.74) is 9.52. The third-order valence-corrected chi connectivity index (χ3v) is 5.67. The monoisotopic (exact) mass is 364 g/mol. The maximum atomic E-state index is 5.79. The number of thiazole rings is 1. The predicted octanol–water partition coefficient (Wildman–Crippen LogP) is 3.64. The molecular weight excluding hydrogens is 352 g/mol. The van der Waals surface area contributed by atoms with Crippen molar-refractivity contribution in [3.63, 3.8) is 0 Å². The lowest BCUT2D eigenvalue weighted by Crippen LogP contribution is -2.01. The van der Waals surface area contributed by atoms with Gasteiger partial charge < -0.3 is 5.73 Å². The number of anilines is 1. The molecule has 122 valence electrons. The lowest BCUT2D eigenvalue weighted by molar-refractivity contribution is 0.843. The van der Waals surface area contributed by atoms with Crippen LogP contribution in [0, 0.1) is 0 Å². The highest BCUT2D eigenvalue weighted by molar-refractivity contribution is 7.22. The van der Waals surface area contributed by atoms with E-state index in [2.05, 4.69) is 27.3 Å². The largest absolute Gasteiger partial charge is 0.375 e. The zero-order valence-electron chi connectivity index (χ0n) is 13.0. The van der Waals surface area contributed by atoms with Crippen LogP contribution in [0.15, 0.2) is 47.8 Å². The molecule has 1 aromatic carbocycles. The minimum atomic E-state index is 0.585. The van der Waals surface area contributed by atoms with Gasteiger partial charge >= 0.3 is 0 Å². The van der Waals surface area contributed by atoms with E-state index in [9.17, 15) is 0 Å². The summed E-state index contributed by atoms with van der Waals surface area (Å²) in [6, 6.07) is 14.2. The Kier molecular flexibility index (Phi) is 3.25. The lowest BCUT2D eigenvalue weighted by atomic mass is 10.1. The molecule has 4 aromatic heterocycles. The highest BCUT2D eigenvalue weighted by Gasteiger charge is 2.11. The Morgan fingerprint density at radius 3 is 2.92 bits per heavy atom. The van der Waals surface area contributed by atoms with E-state index in [1.807, 2.05) is 40.2 Å². The van der Waals surface area contributed by atoms with Crippen molar-refractivity contribution in [2.24, 2.45) is 0 Å². The van der Waals surface area contributed by atoms with Crippen LogP contribution >= 0.6 is 22.7 Å². The number of hydrogen-bond donors (Lipinski definition) is 1. The molecule has 0 bridgehead atoms. The number of fused-ring (bicyclic) bond motifs is 2. The van der Waals surface area contributed by atoms with E-state index in [0.29, 0.717) is 11.6 Å². The second kappa shape index (κ2) is 5.61. The van der Waals surface area contributed by atoms with Crippen molar-refractivity contribution in [2.45, 2.75) is 6.42 Å². The number of nitrogens with two attached hydrogens (primary N) is 1. The molecular formula is C17H12N6S2. The molecule has 5 rings (SSSR count). The molecule has 0 aliphatic rings. The van der Waals surface area contributed by atoms with Crippen LogP contribution in [0.1, 0.15) is 11.4 Å². The van der Waals surface area contributed by atoms with Gasteiger partial charge in [-0.15, -0.1) is 21.5 Å². The first-order chi connectivity index (χ1) is 12.3. The van der Waals surface area contributed by atoms with Crippen molar-refractivity contribution in [1.29, 1.82) is 0 Å². The van der Waals surface area contributed by atoms with Crippen LogP contribution in [0.2, 0.25) is 0 Å². The molecule has 0 fully saturated rings. The maximum Gasteiger partial charge on any atom is 0.181 e. The van der Waals surface area contributed by atoms with Crippen LogP contribution in [0.5, 0.6) is 0 Å². The van der Waals surface area contributed by atoms with Gasteiger partial charge in [-0.05, 0) is 41.3 Å². The molecule has 6 nitrogen and oxygen atoms in total. The summed E-state index contributed by atoms with van der Waals surface area (Å²) in [5, 5.41) is 15.9. The number of benzene rings is 1. The molecule has 0 aliphatic carbocycles. The topological polar surface area (TPSA) is 82.0 Å². The van der Waals surface area contributed by atoms with Gasteiger partial charge in [-0.25, -0.2) is 4.98 Å². The normalized spacial score (nSPS) is 11.5. The smallest absolute Gasteiger partial charge is 0.181 e. The average molecular weight is 364 g/mol. The molecule has 0 saturated heterocycles. The second-order valence-electron chi connectivity index (χ2n) is 5.61. The van der Waals surface area contributed by atoms with Crippen molar-refractivity contribution in [2.75, 3.05) is 5.73 Å². The SMILES string of the molecule is Nc1nc2ccc(Cc3nnc4ccc(-c5cccs5)nn34)cc2s1. The number of aromatic nitrogens is 5. The minimum Gasteiger partial charge on any atom is -0.375 e. The summed E-state index contributed by atoms with van der Waals surface area (Å²) in [6.45, 7) is 0. The van der Waals surface area contributed by atoms with Gasteiger partial charge in [0.2, 0.25) is 0 Å². The summed E-state index contributed by atoms with van der Waals surface area (Å²) < 4.78 is 2.90. The highest BCUT2D eigenvalue weighted by Crippen LogP contribution is 2.26. The Labute approximate surface area is 150 Å². The van der Waals surface area contributed by atoms with Gasteiger partial charge in [-0.2, -0.15) is 9.61 Å². The van der Waals surface area contributed by atoms with Gasteiger partial charge in [0.25, 0.3) is 0 Å². The van der Waals surface area contributed by atoms with E-state index in [1.54, 1.807) is 11.3 Å². The van der Waals surface area contributed by atoms with Crippen molar-refractivity contribution >= 4 is 43.7 Å². The molecule has 0 aliphatic heterocycles. The van der Waals surface area contributed by atoms with Crippen LogP contribution in [-0.2, 0) is 6.42 Å². The van der Waals surface area contributed by atoms with Crippen LogP contribution in [0.3, 0.4) is 0 Å². The fourth-order valence-corrected chi connectivity index (χ4v) is 4.27. The van der Waals surface area contributed by atoms with Crippen LogP contribution in [0.4, 0.5) is 5.13 Å². The minimum absolute atomic E-state index is 0.585. The molecule has 4 heterocycles. The third kappa shape index (κ3) is 2.55. The molecule has 0 atom stereocenters. The molecule has 0 radical (unpaired) electrons. The van der Waals surface area contributed by atoms with Crippen LogP contribution in [0.25, 0.3) is 26.4 Å². The van der Waals surface area contributed by atoms with Crippen molar-refractivity contribution < 1.29 is 0 Å². The quantitative estimate of drug-likeness (QED) is 0.528. The molecule has 0 amide bonds. The van der Waals surface area contributed by atoms with Gasteiger partial charge in [0.05, 0.1) is 15.1 Å². The maximum absolute atomic E-state index is 5.79.